The maximum absolute atomic E-state index is 13.2. The van der Waals surface area contributed by atoms with Crippen LogP contribution < -0.4 is 15.4 Å². The topological polar surface area (TPSA) is 109 Å². The first-order valence-corrected chi connectivity index (χ1v) is 12.9. The van der Waals surface area contributed by atoms with Crippen LogP contribution in [0.1, 0.15) is 58.2 Å². The normalized spacial score (nSPS) is 15.1. The first-order chi connectivity index (χ1) is 16.1. The minimum atomic E-state index is -0.203. The van der Waals surface area contributed by atoms with Crippen molar-refractivity contribution < 1.29 is 14.3 Å². The molecule has 33 heavy (non-hydrogen) atoms. The first-order valence-electron chi connectivity index (χ1n) is 11.1. The third kappa shape index (κ3) is 5.06. The third-order valence-electron chi connectivity index (χ3n) is 5.78. The second-order valence-corrected chi connectivity index (χ2v) is 10.3. The molecule has 2 aromatic heterocycles. The number of fused-ring (bicyclic) bond motifs is 1. The van der Waals surface area contributed by atoms with Crippen molar-refractivity contribution in [2.24, 2.45) is 0 Å². The number of thioether (sulfide) groups is 1. The van der Waals surface area contributed by atoms with Gasteiger partial charge in [0.2, 0.25) is 11.1 Å². The van der Waals surface area contributed by atoms with Crippen LogP contribution in [0.5, 0.6) is 5.75 Å². The molecule has 0 radical (unpaired) electrons. The predicted molar refractivity (Wildman–Crippen MR) is 130 cm³/mol. The number of benzene rings is 1. The molecule has 172 valence electrons. The molecule has 0 aliphatic heterocycles. The van der Waals surface area contributed by atoms with E-state index in [0.29, 0.717) is 27.3 Å². The summed E-state index contributed by atoms with van der Waals surface area (Å²) >= 11 is 2.81. The Labute approximate surface area is 199 Å². The number of rotatable bonds is 8. The molecule has 1 fully saturated rings. The summed E-state index contributed by atoms with van der Waals surface area (Å²) in [5.41, 5.74) is 2.32. The number of carbonyl (C=O) groups is 2. The van der Waals surface area contributed by atoms with Gasteiger partial charge in [0, 0.05) is 16.5 Å². The fourth-order valence-electron chi connectivity index (χ4n) is 3.92. The number of anilines is 2. The highest BCUT2D eigenvalue weighted by Gasteiger charge is 2.28. The van der Waals surface area contributed by atoms with E-state index in [0.717, 1.165) is 55.7 Å². The van der Waals surface area contributed by atoms with Gasteiger partial charge < -0.3 is 15.4 Å². The van der Waals surface area contributed by atoms with E-state index in [1.807, 2.05) is 0 Å². The molecule has 0 unspecified atom stereocenters. The van der Waals surface area contributed by atoms with Crippen molar-refractivity contribution in [1.29, 1.82) is 0 Å². The number of ether oxygens (including phenoxy) is 1. The minimum absolute atomic E-state index is 0.171. The minimum Gasteiger partial charge on any atom is -0.497 e. The lowest BCUT2D eigenvalue weighted by molar-refractivity contribution is -0.113. The molecular formula is C23H25N5O3S2. The lowest BCUT2D eigenvalue weighted by atomic mass is 9.95. The summed E-state index contributed by atoms with van der Waals surface area (Å²) in [4.78, 5) is 31.6. The van der Waals surface area contributed by atoms with Gasteiger partial charge in [-0.25, -0.2) is 4.98 Å². The maximum Gasteiger partial charge on any atom is 0.258 e. The zero-order valence-corrected chi connectivity index (χ0v) is 19.9. The van der Waals surface area contributed by atoms with Crippen molar-refractivity contribution in [3.8, 4) is 5.75 Å². The summed E-state index contributed by atoms with van der Waals surface area (Å²) in [5.74, 6) is 1.93. The Morgan fingerprint density at radius 3 is 2.73 bits per heavy atom. The number of amides is 2. The van der Waals surface area contributed by atoms with Gasteiger partial charge >= 0.3 is 0 Å². The number of H-pyrrole nitrogens is 1. The smallest absolute Gasteiger partial charge is 0.258 e. The molecule has 2 amide bonds. The lowest BCUT2D eigenvalue weighted by Crippen LogP contribution is -2.19. The van der Waals surface area contributed by atoms with E-state index in [2.05, 4.69) is 25.8 Å². The van der Waals surface area contributed by atoms with Crippen molar-refractivity contribution in [3.63, 3.8) is 0 Å². The van der Waals surface area contributed by atoms with Crippen molar-refractivity contribution in [2.75, 3.05) is 23.5 Å². The molecule has 0 bridgehead atoms. The van der Waals surface area contributed by atoms with E-state index < -0.39 is 0 Å². The Bertz CT molecular complexity index is 1170. The number of carbonyl (C=O) groups excluding carboxylic acids is 2. The lowest BCUT2D eigenvalue weighted by Gasteiger charge is -2.13. The molecule has 1 saturated carbocycles. The van der Waals surface area contributed by atoms with Crippen LogP contribution in [-0.2, 0) is 17.6 Å². The number of hydrogen-bond acceptors (Lipinski definition) is 7. The van der Waals surface area contributed by atoms with E-state index >= 15 is 0 Å². The van der Waals surface area contributed by atoms with E-state index in [4.69, 9.17) is 4.74 Å². The van der Waals surface area contributed by atoms with E-state index in [1.54, 1.807) is 31.4 Å². The molecule has 3 aromatic rings. The van der Waals surface area contributed by atoms with E-state index in [9.17, 15) is 9.59 Å². The highest BCUT2D eigenvalue weighted by molar-refractivity contribution is 7.99. The first kappa shape index (κ1) is 22.0. The van der Waals surface area contributed by atoms with Gasteiger partial charge in [0.25, 0.3) is 5.91 Å². The Hall–Kier alpha value is -2.85. The average Bonchev–Trinajstić information content (AvgIpc) is 3.45. The highest BCUT2D eigenvalue weighted by Crippen LogP contribution is 2.39. The number of thiophene rings is 1. The van der Waals surface area contributed by atoms with Crippen LogP contribution in [0.25, 0.3) is 0 Å². The van der Waals surface area contributed by atoms with Crippen LogP contribution in [0, 0.1) is 0 Å². The van der Waals surface area contributed by atoms with Gasteiger partial charge in [-0.3, -0.25) is 14.7 Å². The van der Waals surface area contributed by atoms with Crippen molar-refractivity contribution in [2.45, 2.75) is 49.6 Å². The van der Waals surface area contributed by atoms with Gasteiger partial charge in [-0.1, -0.05) is 11.8 Å². The molecule has 0 atom stereocenters. The van der Waals surface area contributed by atoms with Crippen molar-refractivity contribution in [3.05, 3.63) is 46.1 Å². The molecule has 2 aliphatic rings. The molecule has 10 heteroatoms. The van der Waals surface area contributed by atoms with Crippen molar-refractivity contribution in [1.82, 2.24) is 15.2 Å². The molecular weight excluding hydrogens is 458 g/mol. The summed E-state index contributed by atoms with van der Waals surface area (Å²) in [5, 5.41) is 14.3. The van der Waals surface area contributed by atoms with Gasteiger partial charge in [-0.05, 0) is 68.4 Å². The van der Waals surface area contributed by atoms with Crippen LogP contribution in [0.3, 0.4) is 0 Å². The summed E-state index contributed by atoms with van der Waals surface area (Å²) in [6.07, 6.45) is 6.22. The summed E-state index contributed by atoms with van der Waals surface area (Å²) < 4.78 is 5.18. The maximum atomic E-state index is 13.2. The molecule has 5 rings (SSSR count). The van der Waals surface area contributed by atoms with Crippen LogP contribution in [0.2, 0.25) is 0 Å². The zero-order valence-electron chi connectivity index (χ0n) is 18.3. The van der Waals surface area contributed by atoms with E-state index in [1.165, 1.54) is 28.0 Å². The third-order valence-corrected chi connectivity index (χ3v) is 7.83. The number of nitrogens with zero attached hydrogens (tertiary/aromatic N) is 2. The fraction of sp³-hybridized carbons (Fsp3) is 0.391. The number of hydrogen-bond donors (Lipinski definition) is 3. The molecule has 0 saturated heterocycles. The molecule has 3 N–H and O–H groups in total. The van der Waals surface area contributed by atoms with E-state index in [-0.39, 0.29) is 17.6 Å². The number of aromatic nitrogens is 3. The number of methoxy groups -OCH3 is 1. The van der Waals surface area contributed by atoms with Crippen LogP contribution in [-0.4, -0.2) is 39.9 Å². The Morgan fingerprint density at radius 2 is 1.97 bits per heavy atom. The Kier molecular flexibility index (Phi) is 6.37. The standard InChI is InChI=1S/C23H25N5O3S2/c1-31-15-10-8-14(9-11-15)24-21(30)19-16-4-2-3-5-17(16)33-22(19)25-18(29)12-32-23-26-20(27-28-23)13-6-7-13/h8-11,13H,2-7,12H2,1H3,(H,24,30)(H,25,29)(H,26,27,28). The molecule has 2 heterocycles. The second kappa shape index (κ2) is 9.56. The Morgan fingerprint density at radius 1 is 1.18 bits per heavy atom. The molecule has 0 spiro atoms. The van der Waals surface area contributed by atoms with Crippen LogP contribution in [0.15, 0.2) is 29.4 Å². The van der Waals surface area contributed by atoms with Crippen LogP contribution in [0.4, 0.5) is 10.7 Å². The summed E-state index contributed by atoms with van der Waals surface area (Å²) in [6, 6.07) is 7.21. The molecule has 1 aromatic carbocycles. The fourth-order valence-corrected chi connectivity index (χ4v) is 5.83. The summed E-state index contributed by atoms with van der Waals surface area (Å²) in [6.45, 7) is 0. The van der Waals surface area contributed by atoms with Gasteiger partial charge in [0.05, 0.1) is 18.4 Å². The van der Waals surface area contributed by atoms with Crippen molar-refractivity contribution >= 4 is 45.6 Å². The Balaban J connectivity index is 1.29. The predicted octanol–water partition coefficient (Wildman–Crippen LogP) is 4.61. The van der Waals surface area contributed by atoms with Gasteiger partial charge in [0.15, 0.2) is 0 Å². The monoisotopic (exact) mass is 483 g/mol. The SMILES string of the molecule is COc1ccc(NC(=O)c2c(NC(=O)CSc3n[nH]c(C4CC4)n3)sc3c2CCCC3)cc1. The quantitative estimate of drug-likeness (QED) is 0.404. The van der Waals surface area contributed by atoms with Crippen LogP contribution >= 0.6 is 23.1 Å². The summed E-state index contributed by atoms with van der Waals surface area (Å²) in [7, 11) is 1.60. The largest absolute Gasteiger partial charge is 0.497 e. The number of nitrogens with one attached hydrogen (secondary N) is 3. The molecule has 8 nitrogen and oxygen atoms in total. The zero-order chi connectivity index (χ0) is 22.8. The average molecular weight is 484 g/mol. The molecule has 2 aliphatic carbocycles. The van der Waals surface area contributed by atoms with Gasteiger partial charge in [-0.15, -0.1) is 16.4 Å². The second-order valence-electron chi connectivity index (χ2n) is 8.21. The van der Waals surface area contributed by atoms with Gasteiger partial charge in [-0.2, -0.15) is 0 Å². The number of aryl methyl sites for hydroxylation is 1. The highest BCUT2D eigenvalue weighted by atomic mass is 32.2. The number of aromatic amines is 1. The van der Waals surface area contributed by atoms with Gasteiger partial charge in [0.1, 0.15) is 16.6 Å².